The Morgan fingerprint density at radius 2 is 1.89 bits per heavy atom. The lowest BCUT2D eigenvalue weighted by Crippen LogP contribution is -2.21. The first-order valence-corrected chi connectivity index (χ1v) is 8.92. The molecule has 2 N–H and O–H groups in total. The number of fused-ring (bicyclic) bond motifs is 1. The second kappa shape index (κ2) is 4.35. The average molecular weight is 301 g/mol. The van der Waals surface area contributed by atoms with Gasteiger partial charge in [-0.25, -0.2) is 16.8 Å². The van der Waals surface area contributed by atoms with Crippen LogP contribution in [0.15, 0.2) is 28.0 Å². The number of hydrogen-bond acceptors (Lipinski definition) is 5. The molecule has 0 atom stereocenters. The van der Waals surface area contributed by atoms with Gasteiger partial charge >= 0.3 is 0 Å². The lowest BCUT2D eigenvalue weighted by Gasteiger charge is -2.08. The van der Waals surface area contributed by atoms with Gasteiger partial charge in [0.05, 0.1) is 20.8 Å². The molecule has 5 nitrogen and oxygen atoms in total. The summed E-state index contributed by atoms with van der Waals surface area (Å²) >= 11 is 0. The average Bonchev–Trinajstić information content (AvgIpc) is 2.53. The molecule has 1 aromatic rings. The topological polar surface area (TPSA) is 94.3 Å². The highest BCUT2D eigenvalue weighted by Crippen LogP contribution is 2.36. The van der Waals surface area contributed by atoms with Gasteiger partial charge in [-0.2, -0.15) is 0 Å². The van der Waals surface area contributed by atoms with E-state index in [2.05, 4.69) is 0 Å². The van der Waals surface area contributed by atoms with Crippen molar-refractivity contribution < 1.29 is 16.8 Å². The Hall–Kier alpha value is -1.34. The van der Waals surface area contributed by atoms with E-state index in [1.165, 1.54) is 26.0 Å². The van der Waals surface area contributed by atoms with E-state index in [1.54, 1.807) is 12.1 Å². The quantitative estimate of drug-likeness (QED) is 0.847. The van der Waals surface area contributed by atoms with Crippen LogP contribution in [0.4, 0.5) is 5.69 Å². The minimum atomic E-state index is -3.73. The van der Waals surface area contributed by atoms with Gasteiger partial charge in [-0.3, -0.25) is 0 Å². The molecule has 1 heterocycles. The van der Waals surface area contributed by atoms with Crippen molar-refractivity contribution in [3.8, 4) is 0 Å². The normalized spacial score (nSPS) is 17.3. The Bertz CT molecular complexity index is 759. The van der Waals surface area contributed by atoms with Crippen LogP contribution in [-0.2, 0) is 19.7 Å². The Kier molecular flexibility index (Phi) is 3.22. The van der Waals surface area contributed by atoms with Crippen LogP contribution in [-0.4, -0.2) is 27.8 Å². The van der Waals surface area contributed by atoms with Gasteiger partial charge in [-0.1, -0.05) is 6.07 Å². The van der Waals surface area contributed by atoms with Gasteiger partial charge in [-0.05, 0) is 32.1 Å². The Balaban J connectivity index is 2.53. The molecule has 0 spiro atoms. The summed E-state index contributed by atoms with van der Waals surface area (Å²) in [5.74, 6) is -0.485. The Morgan fingerprint density at radius 1 is 1.26 bits per heavy atom. The summed E-state index contributed by atoms with van der Waals surface area (Å²) in [5.41, 5.74) is 6.44. The van der Waals surface area contributed by atoms with Crippen molar-refractivity contribution >= 4 is 31.4 Å². The van der Waals surface area contributed by atoms with E-state index in [-0.39, 0.29) is 9.80 Å². The summed E-state index contributed by atoms with van der Waals surface area (Å²) < 4.78 is 48.2. The molecule has 1 aromatic carbocycles. The predicted octanol–water partition coefficient (Wildman–Crippen LogP) is 1.22. The monoisotopic (exact) mass is 301 g/mol. The third-order valence-electron chi connectivity index (χ3n) is 3.10. The summed E-state index contributed by atoms with van der Waals surface area (Å²) in [6.07, 6.45) is 1.36. The fourth-order valence-corrected chi connectivity index (χ4v) is 5.02. The number of benzene rings is 1. The summed E-state index contributed by atoms with van der Waals surface area (Å²) in [5, 5.41) is -0.621. The van der Waals surface area contributed by atoms with E-state index in [0.717, 1.165) is 0 Å². The first-order chi connectivity index (χ1) is 8.66. The molecule has 0 saturated carbocycles. The molecule has 1 aliphatic heterocycles. The first-order valence-electron chi connectivity index (χ1n) is 5.72. The molecule has 1 aliphatic rings. The van der Waals surface area contributed by atoms with Crippen molar-refractivity contribution in [1.82, 2.24) is 0 Å². The zero-order valence-electron chi connectivity index (χ0n) is 10.6. The molecular weight excluding hydrogens is 286 g/mol. The standard InChI is InChI=1S/C12H15NO4S2/c1-8(2)18(14,15)7-9-6-10-11(13)4-3-5-12(10)19(9,16)17/h3-6,8H,7,13H2,1-2H3. The number of hydrogen-bond donors (Lipinski definition) is 1. The molecule has 0 unspecified atom stereocenters. The molecule has 104 valence electrons. The van der Waals surface area contributed by atoms with E-state index >= 15 is 0 Å². The summed E-state index contributed by atoms with van der Waals surface area (Å²) in [6.45, 7) is 3.05. The van der Waals surface area contributed by atoms with E-state index in [1.807, 2.05) is 0 Å². The second-order valence-electron chi connectivity index (χ2n) is 4.73. The summed E-state index contributed by atoms with van der Waals surface area (Å²) in [6, 6.07) is 4.57. The van der Waals surface area contributed by atoms with E-state index < -0.39 is 30.7 Å². The SMILES string of the molecule is CC(C)S(=O)(=O)CC1=Cc2c(N)cccc2S1(=O)=O. The fourth-order valence-electron chi connectivity index (χ4n) is 1.81. The van der Waals surface area contributed by atoms with Crippen molar-refractivity contribution in [3.05, 3.63) is 28.7 Å². The number of nitrogens with two attached hydrogens (primary N) is 1. The molecule has 0 aliphatic carbocycles. The lowest BCUT2D eigenvalue weighted by atomic mass is 10.2. The minimum absolute atomic E-state index is 0.0847. The summed E-state index contributed by atoms with van der Waals surface area (Å²) in [7, 11) is -7.21. The van der Waals surface area contributed by atoms with Gasteiger partial charge in [0.1, 0.15) is 0 Å². The van der Waals surface area contributed by atoms with Crippen LogP contribution in [0.1, 0.15) is 19.4 Å². The molecule has 0 aromatic heterocycles. The zero-order valence-corrected chi connectivity index (χ0v) is 12.3. The number of anilines is 1. The molecule has 19 heavy (non-hydrogen) atoms. The highest BCUT2D eigenvalue weighted by Gasteiger charge is 2.34. The molecule has 0 fully saturated rings. The number of nitrogen functional groups attached to an aromatic ring is 1. The van der Waals surface area contributed by atoms with Gasteiger partial charge in [0.15, 0.2) is 9.84 Å². The van der Waals surface area contributed by atoms with Crippen LogP contribution >= 0.6 is 0 Å². The van der Waals surface area contributed by atoms with Crippen LogP contribution in [0.25, 0.3) is 6.08 Å². The molecular formula is C12H15NO4S2. The van der Waals surface area contributed by atoms with Crippen LogP contribution in [0.2, 0.25) is 0 Å². The zero-order chi connectivity index (χ0) is 14.4. The number of sulfone groups is 2. The third kappa shape index (κ3) is 2.28. The first kappa shape index (κ1) is 14.1. The maximum atomic E-state index is 12.2. The Morgan fingerprint density at radius 3 is 2.42 bits per heavy atom. The van der Waals surface area contributed by atoms with Crippen LogP contribution in [0, 0.1) is 0 Å². The molecule has 0 radical (unpaired) electrons. The molecule has 0 amide bonds. The minimum Gasteiger partial charge on any atom is -0.398 e. The van der Waals surface area contributed by atoms with Gasteiger partial charge in [0.25, 0.3) is 0 Å². The maximum Gasteiger partial charge on any atom is 0.204 e. The Labute approximate surface area is 113 Å². The lowest BCUT2D eigenvalue weighted by molar-refractivity contribution is 0.587. The maximum absolute atomic E-state index is 12.2. The highest BCUT2D eigenvalue weighted by molar-refractivity contribution is 7.98. The molecule has 0 bridgehead atoms. The van der Waals surface area contributed by atoms with Crippen molar-refractivity contribution in [2.24, 2.45) is 0 Å². The van der Waals surface area contributed by atoms with Crippen molar-refractivity contribution in [3.63, 3.8) is 0 Å². The second-order valence-corrected chi connectivity index (χ2v) is 9.26. The fraction of sp³-hybridized carbons (Fsp3) is 0.333. The number of rotatable bonds is 3. The molecule has 7 heteroatoms. The van der Waals surface area contributed by atoms with Gasteiger partial charge in [-0.15, -0.1) is 0 Å². The summed E-state index contributed by atoms with van der Waals surface area (Å²) in [4.78, 5) is -0.0180. The van der Waals surface area contributed by atoms with E-state index in [9.17, 15) is 16.8 Å². The van der Waals surface area contributed by atoms with Crippen molar-refractivity contribution in [2.45, 2.75) is 24.0 Å². The van der Waals surface area contributed by atoms with E-state index in [4.69, 9.17) is 5.73 Å². The van der Waals surface area contributed by atoms with Crippen molar-refractivity contribution in [1.29, 1.82) is 0 Å². The van der Waals surface area contributed by atoms with Gasteiger partial charge < -0.3 is 5.73 Å². The third-order valence-corrected chi connectivity index (χ3v) is 7.32. The van der Waals surface area contributed by atoms with Crippen molar-refractivity contribution in [2.75, 3.05) is 11.5 Å². The van der Waals surface area contributed by atoms with E-state index in [0.29, 0.717) is 11.3 Å². The predicted molar refractivity (Wildman–Crippen MR) is 74.9 cm³/mol. The largest absolute Gasteiger partial charge is 0.398 e. The smallest absolute Gasteiger partial charge is 0.204 e. The van der Waals surface area contributed by atoms with Gasteiger partial charge in [0, 0.05) is 11.3 Å². The molecule has 0 saturated heterocycles. The van der Waals surface area contributed by atoms with Crippen LogP contribution in [0.3, 0.4) is 0 Å². The van der Waals surface area contributed by atoms with Gasteiger partial charge in [0.2, 0.25) is 9.84 Å². The van der Waals surface area contributed by atoms with Crippen LogP contribution in [0.5, 0.6) is 0 Å². The molecule has 2 rings (SSSR count). The van der Waals surface area contributed by atoms with Crippen LogP contribution < -0.4 is 5.73 Å². The highest BCUT2D eigenvalue weighted by atomic mass is 32.2.